The van der Waals surface area contributed by atoms with Crippen molar-refractivity contribution in [1.29, 1.82) is 0 Å². The highest BCUT2D eigenvalue weighted by atomic mass is 16.1. The van der Waals surface area contributed by atoms with Crippen LogP contribution >= 0.6 is 0 Å². The maximum absolute atomic E-state index is 13.2. The zero-order valence-electron chi connectivity index (χ0n) is 13.9. The fourth-order valence-electron chi connectivity index (χ4n) is 3.94. The highest BCUT2D eigenvalue weighted by molar-refractivity contribution is 6.16. The average Bonchev–Trinajstić information content (AvgIpc) is 2.93. The number of rotatable bonds is 2. The monoisotopic (exact) mass is 315 g/mol. The molecule has 120 valence electrons. The van der Waals surface area contributed by atoms with Gasteiger partial charge in [-0.25, -0.2) is 0 Å². The second-order valence-corrected chi connectivity index (χ2v) is 6.62. The van der Waals surface area contributed by atoms with Crippen molar-refractivity contribution in [3.8, 4) is 0 Å². The zero-order chi connectivity index (χ0) is 16.5. The molecule has 0 spiro atoms. The van der Waals surface area contributed by atoms with Gasteiger partial charge < -0.3 is 0 Å². The Morgan fingerprint density at radius 1 is 0.792 bits per heavy atom. The van der Waals surface area contributed by atoms with Crippen LogP contribution in [0.15, 0.2) is 71.8 Å². The highest BCUT2D eigenvalue weighted by Gasteiger charge is 2.44. The third-order valence-electron chi connectivity index (χ3n) is 5.18. The molecule has 2 bridgehead atoms. The molecule has 2 nitrogen and oxygen atoms in total. The van der Waals surface area contributed by atoms with Gasteiger partial charge in [-0.05, 0) is 43.2 Å². The summed E-state index contributed by atoms with van der Waals surface area (Å²) in [7, 11) is 2.15. The maximum atomic E-state index is 13.2. The molecule has 0 aliphatic carbocycles. The summed E-state index contributed by atoms with van der Waals surface area (Å²) in [5.74, 6) is 0.216. The lowest BCUT2D eigenvalue weighted by molar-refractivity contribution is -0.114. The van der Waals surface area contributed by atoms with Crippen LogP contribution in [-0.2, 0) is 4.79 Å². The largest absolute Gasteiger partial charge is 0.292 e. The Labute approximate surface area is 143 Å². The van der Waals surface area contributed by atoms with E-state index in [4.69, 9.17) is 0 Å². The summed E-state index contributed by atoms with van der Waals surface area (Å²) in [6, 6.07) is 20.8. The standard InChI is InChI=1S/C22H21NO/c1-23-20-12-13-21(23)19(15-17-10-6-3-7-11-17)22(24)18(20)14-16-8-4-2-5-9-16/h2-11,14-15,20-21H,12-13H2,1H3/b18-14+,19-15+. The van der Waals surface area contributed by atoms with Gasteiger partial charge in [0.15, 0.2) is 5.78 Å². The predicted molar refractivity (Wildman–Crippen MR) is 98.4 cm³/mol. The maximum Gasteiger partial charge on any atom is 0.188 e. The van der Waals surface area contributed by atoms with E-state index in [1.54, 1.807) is 0 Å². The molecule has 2 aliphatic heterocycles. The molecule has 0 aromatic heterocycles. The van der Waals surface area contributed by atoms with Crippen LogP contribution in [0.25, 0.3) is 12.2 Å². The minimum Gasteiger partial charge on any atom is -0.292 e. The van der Waals surface area contributed by atoms with Gasteiger partial charge in [-0.2, -0.15) is 0 Å². The second kappa shape index (κ2) is 6.21. The van der Waals surface area contributed by atoms with Crippen LogP contribution < -0.4 is 0 Å². The minimum absolute atomic E-state index is 0.216. The molecule has 24 heavy (non-hydrogen) atoms. The van der Waals surface area contributed by atoms with Crippen molar-refractivity contribution in [3.63, 3.8) is 0 Å². The highest BCUT2D eigenvalue weighted by Crippen LogP contribution is 2.40. The van der Waals surface area contributed by atoms with Gasteiger partial charge in [0.1, 0.15) is 0 Å². The number of carbonyl (C=O) groups is 1. The smallest absolute Gasteiger partial charge is 0.188 e. The molecule has 0 N–H and O–H groups in total. The van der Waals surface area contributed by atoms with Gasteiger partial charge in [0.05, 0.1) is 0 Å². The van der Waals surface area contributed by atoms with Crippen molar-refractivity contribution in [2.45, 2.75) is 24.9 Å². The number of carbonyl (C=O) groups excluding carboxylic acids is 1. The molecule has 2 aliphatic rings. The lowest BCUT2D eigenvalue weighted by Gasteiger charge is -2.34. The van der Waals surface area contributed by atoms with E-state index in [0.29, 0.717) is 0 Å². The van der Waals surface area contributed by atoms with Crippen molar-refractivity contribution >= 4 is 17.9 Å². The molecule has 2 fully saturated rings. The van der Waals surface area contributed by atoms with Gasteiger partial charge in [0, 0.05) is 23.2 Å². The first-order chi connectivity index (χ1) is 11.7. The van der Waals surface area contributed by atoms with E-state index in [0.717, 1.165) is 35.1 Å². The van der Waals surface area contributed by atoms with E-state index in [1.165, 1.54) is 0 Å². The normalized spacial score (nSPS) is 27.1. The van der Waals surface area contributed by atoms with E-state index in [9.17, 15) is 4.79 Å². The molecule has 2 aromatic carbocycles. The number of Topliss-reactive ketones (excluding diaryl/α,β-unsaturated/α-hetero) is 1. The van der Waals surface area contributed by atoms with Crippen molar-refractivity contribution in [2.75, 3.05) is 7.05 Å². The SMILES string of the molecule is CN1C2CCC1/C(=C\c1ccccc1)C(=O)/C2=C/c1ccccc1. The molecule has 0 radical (unpaired) electrons. The van der Waals surface area contributed by atoms with Crippen molar-refractivity contribution in [3.05, 3.63) is 82.9 Å². The number of ketones is 1. The van der Waals surface area contributed by atoms with E-state index < -0.39 is 0 Å². The fraction of sp³-hybridized carbons (Fsp3) is 0.227. The van der Waals surface area contributed by atoms with Gasteiger partial charge >= 0.3 is 0 Å². The molecule has 2 heteroatoms. The Bertz CT molecular complexity index is 737. The first kappa shape index (κ1) is 15.1. The molecular weight excluding hydrogens is 294 g/mol. The fourth-order valence-corrected chi connectivity index (χ4v) is 3.94. The number of hydrogen-bond donors (Lipinski definition) is 0. The van der Waals surface area contributed by atoms with E-state index >= 15 is 0 Å². The van der Waals surface area contributed by atoms with Crippen LogP contribution in [0.3, 0.4) is 0 Å². The number of piperidine rings is 1. The van der Waals surface area contributed by atoms with E-state index in [-0.39, 0.29) is 17.9 Å². The molecule has 2 unspecified atom stereocenters. The average molecular weight is 315 g/mol. The summed E-state index contributed by atoms with van der Waals surface area (Å²) in [5, 5.41) is 0. The number of nitrogens with zero attached hydrogens (tertiary/aromatic N) is 1. The summed E-state index contributed by atoms with van der Waals surface area (Å²) < 4.78 is 0. The van der Waals surface area contributed by atoms with Gasteiger partial charge in [0.25, 0.3) is 0 Å². The van der Waals surface area contributed by atoms with Gasteiger partial charge in [-0.15, -0.1) is 0 Å². The Morgan fingerprint density at radius 2 is 1.21 bits per heavy atom. The summed E-state index contributed by atoms with van der Waals surface area (Å²) in [5.41, 5.74) is 4.05. The van der Waals surface area contributed by atoms with Crippen molar-refractivity contribution in [2.24, 2.45) is 0 Å². The molecule has 2 aromatic rings. The van der Waals surface area contributed by atoms with Crippen molar-refractivity contribution in [1.82, 2.24) is 4.90 Å². The van der Waals surface area contributed by atoms with Crippen LogP contribution in [0.1, 0.15) is 24.0 Å². The van der Waals surface area contributed by atoms with Crippen molar-refractivity contribution < 1.29 is 4.79 Å². The topological polar surface area (TPSA) is 20.3 Å². The number of benzene rings is 2. The lowest BCUT2D eigenvalue weighted by atomic mass is 9.88. The molecule has 2 atom stereocenters. The number of fused-ring (bicyclic) bond motifs is 2. The summed E-state index contributed by atoms with van der Waals surface area (Å²) in [4.78, 5) is 15.5. The van der Waals surface area contributed by atoms with Gasteiger partial charge in [0.2, 0.25) is 0 Å². The van der Waals surface area contributed by atoms with Crippen LogP contribution in [0, 0.1) is 0 Å². The van der Waals surface area contributed by atoms with Gasteiger partial charge in [-0.3, -0.25) is 9.69 Å². The third-order valence-corrected chi connectivity index (χ3v) is 5.18. The Hall–Kier alpha value is -2.45. The van der Waals surface area contributed by atoms with E-state index in [2.05, 4.69) is 48.4 Å². The molecular formula is C22H21NO. The van der Waals surface area contributed by atoms with Crippen LogP contribution in [0.4, 0.5) is 0 Å². The molecule has 2 saturated heterocycles. The molecule has 4 rings (SSSR count). The molecule has 0 saturated carbocycles. The first-order valence-electron chi connectivity index (χ1n) is 8.54. The Morgan fingerprint density at radius 3 is 1.62 bits per heavy atom. The Balaban J connectivity index is 1.78. The molecule has 0 amide bonds. The minimum atomic E-state index is 0.216. The molecule has 2 heterocycles. The summed E-state index contributed by atoms with van der Waals surface area (Å²) in [6.07, 6.45) is 6.25. The van der Waals surface area contributed by atoms with Crippen LogP contribution in [0.2, 0.25) is 0 Å². The van der Waals surface area contributed by atoms with Gasteiger partial charge in [-0.1, -0.05) is 60.7 Å². The quantitative estimate of drug-likeness (QED) is 0.774. The second-order valence-electron chi connectivity index (χ2n) is 6.62. The summed E-state index contributed by atoms with van der Waals surface area (Å²) >= 11 is 0. The third kappa shape index (κ3) is 2.63. The number of hydrogen-bond acceptors (Lipinski definition) is 2. The predicted octanol–water partition coefficient (Wildman–Crippen LogP) is 4.20. The zero-order valence-corrected chi connectivity index (χ0v) is 13.9. The van der Waals surface area contributed by atoms with Crippen LogP contribution in [-0.4, -0.2) is 29.8 Å². The lowest BCUT2D eigenvalue weighted by Crippen LogP contribution is -2.43. The summed E-state index contributed by atoms with van der Waals surface area (Å²) in [6.45, 7) is 0. The Kier molecular flexibility index (Phi) is 3.91. The van der Waals surface area contributed by atoms with Crippen LogP contribution in [0.5, 0.6) is 0 Å². The number of likely N-dealkylation sites (N-methyl/N-ethyl adjacent to an activating group) is 1. The first-order valence-corrected chi connectivity index (χ1v) is 8.54. The van der Waals surface area contributed by atoms with E-state index in [1.807, 2.05) is 36.4 Å².